The van der Waals surface area contributed by atoms with E-state index >= 15 is 0 Å². The number of benzene rings is 1. The summed E-state index contributed by atoms with van der Waals surface area (Å²) in [5, 5.41) is 7.09. The van der Waals surface area contributed by atoms with Gasteiger partial charge in [-0.1, -0.05) is 18.9 Å². The second-order valence-corrected chi connectivity index (χ2v) is 7.66. The van der Waals surface area contributed by atoms with Crippen LogP contribution >= 0.6 is 0 Å². The highest BCUT2D eigenvalue weighted by Crippen LogP contribution is 2.28. The lowest BCUT2D eigenvalue weighted by molar-refractivity contribution is 0.100. The quantitative estimate of drug-likeness (QED) is 0.478. The van der Waals surface area contributed by atoms with Gasteiger partial charge in [0.25, 0.3) is 5.91 Å². The van der Waals surface area contributed by atoms with Gasteiger partial charge in [0.2, 0.25) is 5.88 Å². The number of aromatic nitrogens is 2. The molecule has 4 rings (SSSR count). The Morgan fingerprint density at radius 3 is 2.65 bits per heavy atom. The predicted octanol–water partition coefficient (Wildman–Crippen LogP) is 3.30. The number of amides is 1. The van der Waals surface area contributed by atoms with Crippen molar-refractivity contribution < 1.29 is 13.9 Å². The number of anilines is 3. The summed E-state index contributed by atoms with van der Waals surface area (Å²) in [6.45, 7) is 0. The minimum Gasteiger partial charge on any atom is -0.481 e. The van der Waals surface area contributed by atoms with E-state index in [0.717, 1.165) is 37.1 Å². The number of primary amides is 1. The molecule has 2 heterocycles. The number of nitrogens with two attached hydrogens (primary N) is 2. The maximum atomic E-state index is 14.7. The smallest absolute Gasteiger partial charge is 0.252 e. The van der Waals surface area contributed by atoms with E-state index in [2.05, 4.69) is 20.6 Å². The molecule has 0 radical (unpaired) electrons. The number of halogens is 1. The number of carbonyl (C=O) groups excluding carboxylic acids is 1. The number of methoxy groups -OCH3 is 1. The predicted molar refractivity (Wildman–Crippen MR) is 118 cm³/mol. The van der Waals surface area contributed by atoms with Crippen LogP contribution in [0.3, 0.4) is 0 Å². The third-order valence-electron chi connectivity index (χ3n) is 5.52. The molecule has 0 aliphatic heterocycles. The molecule has 0 saturated heterocycles. The molecule has 8 nitrogen and oxygen atoms in total. The normalized spacial score (nSPS) is 18.5. The van der Waals surface area contributed by atoms with Gasteiger partial charge in [-0.25, -0.2) is 14.4 Å². The van der Waals surface area contributed by atoms with E-state index < -0.39 is 11.7 Å². The molecule has 1 aromatic carbocycles. The minimum atomic E-state index is -0.782. The van der Waals surface area contributed by atoms with Gasteiger partial charge in [0.05, 0.1) is 18.2 Å². The summed E-state index contributed by atoms with van der Waals surface area (Å²) < 4.78 is 19.9. The number of nitrogens with zero attached hydrogens (tertiary/aromatic N) is 2. The van der Waals surface area contributed by atoms with E-state index in [1.54, 1.807) is 19.2 Å². The number of ether oxygens (including phenoxy) is 1. The molecule has 2 atom stereocenters. The Balaban J connectivity index is 1.67. The van der Waals surface area contributed by atoms with E-state index in [1.165, 1.54) is 0 Å². The van der Waals surface area contributed by atoms with Crippen LogP contribution in [0.4, 0.5) is 21.7 Å². The molecule has 3 aromatic rings. The van der Waals surface area contributed by atoms with Gasteiger partial charge >= 0.3 is 0 Å². The van der Waals surface area contributed by atoms with Gasteiger partial charge in [-0.2, -0.15) is 0 Å². The standard InChI is InChI=1S/C22H25FN6O2/c1-31-19-9-7-12-6-8-13(10-18(12)27-19)26-21-14(20(25)30)11-15(23)22(29-21)28-17-5-3-2-4-16(17)24/h6-11,16-17H,2-5,24H2,1H3,(H2,25,30)(H2,26,28,29)/t16-,17+/m0/s1. The van der Waals surface area contributed by atoms with Crippen LogP contribution in [-0.4, -0.2) is 35.1 Å². The maximum Gasteiger partial charge on any atom is 0.252 e. The van der Waals surface area contributed by atoms with Crippen LogP contribution in [0.1, 0.15) is 36.0 Å². The molecule has 6 N–H and O–H groups in total. The first-order chi connectivity index (χ1) is 14.9. The van der Waals surface area contributed by atoms with Gasteiger partial charge in [-0.15, -0.1) is 0 Å². The fourth-order valence-electron chi connectivity index (χ4n) is 3.81. The molecule has 2 aromatic heterocycles. The van der Waals surface area contributed by atoms with Crippen LogP contribution in [0.2, 0.25) is 0 Å². The van der Waals surface area contributed by atoms with Crippen molar-refractivity contribution in [1.82, 2.24) is 9.97 Å². The summed E-state index contributed by atoms with van der Waals surface area (Å²) in [5.74, 6) is -0.756. The first-order valence-corrected chi connectivity index (χ1v) is 10.2. The molecule has 0 bridgehead atoms. The Bertz CT molecular complexity index is 1120. The second-order valence-electron chi connectivity index (χ2n) is 7.66. The van der Waals surface area contributed by atoms with E-state index in [9.17, 15) is 9.18 Å². The van der Waals surface area contributed by atoms with Crippen LogP contribution in [0, 0.1) is 5.82 Å². The lowest BCUT2D eigenvalue weighted by Gasteiger charge is -2.30. The van der Waals surface area contributed by atoms with Crippen molar-refractivity contribution in [3.05, 3.63) is 47.8 Å². The van der Waals surface area contributed by atoms with Crippen molar-refractivity contribution in [3.63, 3.8) is 0 Å². The van der Waals surface area contributed by atoms with Crippen molar-refractivity contribution >= 4 is 34.1 Å². The van der Waals surface area contributed by atoms with Gasteiger partial charge in [0, 0.05) is 29.2 Å². The van der Waals surface area contributed by atoms with Crippen LogP contribution in [0.5, 0.6) is 5.88 Å². The highest BCUT2D eigenvalue weighted by molar-refractivity contribution is 5.99. The fraction of sp³-hybridized carbons (Fsp3) is 0.318. The Morgan fingerprint density at radius 1 is 1.13 bits per heavy atom. The van der Waals surface area contributed by atoms with Gasteiger partial charge in [0.1, 0.15) is 5.82 Å². The van der Waals surface area contributed by atoms with Crippen molar-refractivity contribution in [3.8, 4) is 5.88 Å². The second kappa shape index (κ2) is 8.73. The average molecular weight is 424 g/mol. The Labute approximate surface area is 179 Å². The third-order valence-corrected chi connectivity index (χ3v) is 5.52. The molecule has 1 aliphatic carbocycles. The first kappa shape index (κ1) is 20.8. The lowest BCUT2D eigenvalue weighted by Crippen LogP contribution is -2.43. The van der Waals surface area contributed by atoms with Crippen molar-refractivity contribution in [2.75, 3.05) is 17.7 Å². The number of hydrogen-bond acceptors (Lipinski definition) is 7. The van der Waals surface area contributed by atoms with Crippen molar-refractivity contribution in [1.29, 1.82) is 0 Å². The van der Waals surface area contributed by atoms with Crippen molar-refractivity contribution in [2.45, 2.75) is 37.8 Å². The largest absolute Gasteiger partial charge is 0.481 e. The summed E-state index contributed by atoms with van der Waals surface area (Å²) in [4.78, 5) is 20.7. The third kappa shape index (κ3) is 4.51. The number of carbonyl (C=O) groups is 1. The first-order valence-electron chi connectivity index (χ1n) is 10.2. The van der Waals surface area contributed by atoms with E-state index in [0.29, 0.717) is 17.1 Å². The Hall–Kier alpha value is -3.46. The highest BCUT2D eigenvalue weighted by atomic mass is 19.1. The van der Waals surface area contributed by atoms with Crippen LogP contribution in [-0.2, 0) is 0 Å². The Kier molecular flexibility index (Phi) is 5.85. The van der Waals surface area contributed by atoms with Gasteiger partial charge < -0.3 is 26.8 Å². The number of rotatable bonds is 6. The summed E-state index contributed by atoms with van der Waals surface area (Å²) in [6.07, 6.45) is 3.78. The minimum absolute atomic E-state index is 0.0374. The van der Waals surface area contributed by atoms with Gasteiger partial charge in [-0.3, -0.25) is 4.79 Å². The molecule has 31 heavy (non-hydrogen) atoms. The van der Waals surface area contributed by atoms with Gasteiger partial charge in [-0.05, 0) is 37.1 Å². The van der Waals surface area contributed by atoms with Gasteiger partial charge in [0.15, 0.2) is 11.6 Å². The molecule has 1 fully saturated rings. The van der Waals surface area contributed by atoms with Crippen LogP contribution < -0.4 is 26.8 Å². The molecule has 9 heteroatoms. The summed E-state index contributed by atoms with van der Waals surface area (Å²) in [7, 11) is 1.55. The monoisotopic (exact) mass is 424 g/mol. The van der Waals surface area contributed by atoms with E-state index in [4.69, 9.17) is 16.2 Å². The molecular formula is C22H25FN6O2. The summed E-state index contributed by atoms with van der Waals surface area (Å²) >= 11 is 0. The lowest BCUT2D eigenvalue weighted by atomic mass is 9.91. The van der Waals surface area contributed by atoms with Crippen LogP contribution in [0.25, 0.3) is 10.9 Å². The molecular weight excluding hydrogens is 399 g/mol. The topological polar surface area (TPSA) is 128 Å². The SMILES string of the molecule is COc1ccc2ccc(Nc3nc(N[C@@H]4CCCC[C@@H]4N)c(F)cc3C(N)=O)cc2n1. The zero-order valence-corrected chi connectivity index (χ0v) is 17.2. The molecule has 1 amide bonds. The zero-order valence-electron chi connectivity index (χ0n) is 17.2. The number of nitrogens with one attached hydrogen (secondary N) is 2. The molecule has 1 aliphatic rings. The Morgan fingerprint density at radius 2 is 1.90 bits per heavy atom. The molecule has 1 saturated carbocycles. The number of hydrogen-bond donors (Lipinski definition) is 4. The average Bonchev–Trinajstić information content (AvgIpc) is 2.76. The highest BCUT2D eigenvalue weighted by Gasteiger charge is 2.24. The van der Waals surface area contributed by atoms with E-state index in [-0.39, 0.29) is 29.3 Å². The molecule has 0 unspecified atom stereocenters. The summed E-state index contributed by atoms with van der Waals surface area (Å²) in [5.41, 5.74) is 12.9. The fourth-order valence-corrected chi connectivity index (χ4v) is 3.81. The number of pyridine rings is 2. The molecule has 162 valence electrons. The number of fused-ring (bicyclic) bond motifs is 1. The van der Waals surface area contributed by atoms with E-state index in [1.807, 2.05) is 18.2 Å². The zero-order chi connectivity index (χ0) is 22.0. The summed E-state index contributed by atoms with van der Waals surface area (Å²) in [6, 6.07) is 10.1. The van der Waals surface area contributed by atoms with Crippen molar-refractivity contribution in [2.24, 2.45) is 11.5 Å². The van der Waals surface area contributed by atoms with Crippen LogP contribution in [0.15, 0.2) is 36.4 Å². The maximum absolute atomic E-state index is 14.7. The molecule has 0 spiro atoms.